The molecule has 1 amide bonds. The molecule has 4 rings (SSSR count). The van der Waals surface area contributed by atoms with Gasteiger partial charge >= 0.3 is 0 Å². The second kappa shape index (κ2) is 9.18. The first-order chi connectivity index (χ1) is 14.4. The third-order valence-electron chi connectivity index (χ3n) is 5.68. The number of carbonyl (C=O) groups excluding carboxylic acids is 1. The summed E-state index contributed by atoms with van der Waals surface area (Å²) < 4.78 is 13.1. The van der Waals surface area contributed by atoms with Gasteiger partial charge in [0.25, 0.3) is 4.84 Å². The van der Waals surface area contributed by atoms with E-state index in [2.05, 4.69) is 10.00 Å². The Labute approximate surface area is 186 Å². The van der Waals surface area contributed by atoms with Crippen molar-refractivity contribution in [2.24, 2.45) is 5.92 Å². The summed E-state index contributed by atoms with van der Waals surface area (Å²) >= 11 is 11.4. The van der Waals surface area contributed by atoms with Crippen LogP contribution in [0.5, 0.6) is 0 Å². The van der Waals surface area contributed by atoms with Crippen molar-refractivity contribution >= 4 is 29.7 Å². The van der Waals surface area contributed by atoms with Crippen molar-refractivity contribution in [1.82, 2.24) is 19.6 Å². The fourth-order valence-electron chi connectivity index (χ4n) is 4.26. The number of benzene rings is 1. The summed E-state index contributed by atoms with van der Waals surface area (Å²) in [7, 11) is 0. The second-order valence-electron chi connectivity index (χ2n) is 8.22. The molecule has 9 heteroatoms. The molecule has 0 bridgehead atoms. The zero-order valence-electron chi connectivity index (χ0n) is 17.3. The number of aromatic nitrogens is 2. The van der Waals surface area contributed by atoms with Crippen LogP contribution in [0.3, 0.4) is 0 Å². The number of carbonyl (C=O) groups is 1. The van der Waals surface area contributed by atoms with Crippen molar-refractivity contribution < 1.29 is 13.9 Å². The number of amides is 1. The van der Waals surface area contributed by atoms with Gasteiger partial charge in [0.05, 0.1) is 18.9 Å². The normalized spacial score (nSPS) is 23.6. The number of halogens is 1. The zero-order valence-corrected chi connectivity index (χ0v) is 18.9. The van der Waals surface area contributed by atoms with Gasteiger partial charge in [-0.3, -0.25) is 9.69 Å². The third kappa shape index (κ3) is 4.94. The molecule has 3 heterocycles. The minimum Gasteiger partial charge on any atom is -0.409 e. The Balaban J connectivity index is 1.34. The van der Waals surface area contributed by atoms with Crippen molar-refractivity contribution in [2.75, 3.05) is 26.2 Å². The van der Waals surface area contributed by atoms with Crippen LogP contribution in [-0.4, -0.2) is 63.9 Å². The van der Waals surface area contributed by atoms with Crippen LogP contribution in [0.15, 0.2) is 28.7 Å². The van der Waals surface area contributed by atoms with Crippen LogP contribution in [0.1, 0.15) is 26.7 Å². The van der Waals surface area contributed by atoms with Crippen LogP contribution in [-0.2, 0) is 16.2 Å². The molecule has 0 spiro atoms. The van der Waals surface area contributed by atoms with Crippen molar-refractivity contribution in [3.05, 3.63) is 34.1 Å². The van der Waals surface area contributed by atoms with Crippen molar-refractivity contribution in [2.45, 2.75) is 45.6 Å². The van der Waals surface area contributed by atoms with Crippen LogP contribution < -0.4 is 0 Å². The van der Waals surface area contributed by atoms with E-state index in [4.69, 9.17) is 33.0 Å². The highest BCUT2D eigenvalue weighted by atomic mass is 35.5. The van der Waals surface area contributed by atoms with E-state index in [1.165, 1.54) is 0 Å². The largest absolute Gasteiger partial charge is 0.409 e. The average molecular weight is 451 g/mol. The highest BCUT2D eigenvalue weighted by molar-refractivity contribution is 7.71. The van der Waals surface area contributed by atoms with Crippen LogP contribution in [0, 0.1) is 10.8 Å². The molecule has 0 N–H and O–H groups in total. The first-order valence-corrected chi connectivity index (χ1v) is 11.2. The summed E-state index contributed by atoms with van der Waals surface area (Å²) in [6.45, 7) is 7.62. The lowest BCUT2D eigenvalue weighted by atomic mass is 9.95. The minimum absolute atomic E-state index is 0.0750. The quantitative estimate of drug-likeness (QED) is 0.659. The smallest absolute Gasteiger partial charge is 0.288 e. The van der Waals surface area contributed by atoms with Gasteiger partial charge in [-0.1, -0.05) is 17.7 Å². The summed E-state index contributed by atoms with van der Waals surface area (Å²) in [5.41, 5.74) is 0.797. The molecule has 2 atom stereocenters. The molecular formula is C21H27ClN4O3S. The molecule has 2 aliphatic rings. The van der Waals surface area contributed by atoms with E-state index in [-0.39, 0.29) is 24.0 Å². The lowest BCUT2D eigenvalue weighted by molar-refractivity contribution is -0.149. The first-order valence-electron chi connectivity index (χ1n) is 10.4. The standard InChI is InChI=1S/C21H27ClN4O3S/c1-14-11-25(12-15(2)28-14)20(27)16-6-8-24(9-7-16)13-26-21(30)29-19(23-26)17-4-3-5-18(22)10-17/h3-5,10,14-16H,6-9,11-13H2,1-2H3/t14-,15+. The molecule has 1 aromatic carbocycles. The predicted molar refractivity (Wildman–Crippen MR) is 117 cm³/mol. The SMILES string of the molecule is C[C@@H]1CN(C(=O)C2CCN(Cn3nc(-c4cccc(Cl)c4)oc3=S)CC2)C[C@H](C)O1. The van der Waals surface area contributed by atoms with Gasteiger partial charge < -0.3 is 14.1 Å². The molecule has 0 aliphatic carbocycles. The first kappa shape index (κ1) is 21.5. The van der Waals surface area contributed by atoms with Crippen molar-refractivity contribution in [3.8, 4) is 11.5 Å². The fourth-order valence-corrected chi connectivity index (χ4v) is 4.63. The van der Waals surface area contributed by atoms with Crippen LogP contribution in [0.25, 0.3) is 11.5 Å². The van der Waals surface area contributed by atoms with Gasteiger partial charge in [0.1, 0.15) is 0 Å². The Morgan fingerprint density at radius 3 is 2.60 bits per heavy atom. The maximum Gasteiger partial charge on any atom is 0.288 e. The molecule has 7 nitrogen and oxygen atoms in total. The molecule has 2 aliphatic heterocycles. The number of hydrogen-bond donors (Lipinski definition) is 0. The van der Waals surface area contributed by atoms with Gasteiger partial charge in [0, 0.05) is 42.7 Å². The van der Waals surface area contributed by atoms with Crippen LogP contribution >= 0.6 is 23.8 Å². The van der Waals surface area contributed by atoms with E-state index in [0.717, 1.165) is 31.5 Å². The number of likely N-dealkylation sites (tertiary alicyclic amines) is 1. The number of rotatable bonds is 4. The summed E-state index contributed by atoms with van der Waals surface area (Å²) in [6.07, 6.45) is 1.87. The van der Waals surface area contributed by atoms with E-state index in [9.17, 15) is 4.79 Å². The molecule has 2 fully saturated rings. The maximum absolute atomic E-state index is 12.9. The van der Waals surface area contributed by atoms with E-state index >= 15 is 0 Å². The molecule has 0 saturated carbocycles. The topological polar surface area (TPSA) is 63.7 Å². The van der Waals surface area contributed by atoms with E-state index in [0.29, 0.717) is 35.5 Å². The Morgan fingerprint density at radius 1 is 1.23 bits per heavy atom. The third-order valence-corrected chi connectivity index (χ3v) is 6.21. The Hall–Kier alpha value is -1.74. The molecule has 162 valence electrons. The van der Waals surface area contributed by atoms with Gasteiger partial charge in [0.15, 0.2) is 0 Å². The Bertz CT molecular complexity index is 944. The molecule has 0 radical (unpaired) electrons. The van der Waals surface area contributed by atoms with Crippen molar-refractivity contribution in [3.63, 3.8) is 0 Å². The number of hydrogen-bond acceptors (Lipinski definition) is 6. The van der Waals surface area contributed by atoms with Gasteiger partial charge in [-0.25, -0.2) is 4.68 Å². The fraction of sp³-hybridized carbons (Fsp3) is 0.571. The molecule has 1 aromatic heterocycles. The highest BCUT2D eigenvalue weighted by Gasteiger charge is 2.32. The zero-order chi connectivity index (χ0) is 21.3. The van der Waals surface area contributed by atoms with Crippen molar-refractivity contribution in [1.29, 1.82) is 0 Å². The predicted octanol–water partition coefficient (Wildman–Crippen LogP) is 3.83. The summed E-state index contributed by atoms with van der Waals surface area (Å²) in [5.74, 6) is 0.798. The van der Waals surface area contributed by atoms with E-state index in [1.807, 2.05) is 30.9 Å². The summed E-state index contributed by atoms with van der Waals surface area (Å²) in [4.78, 5) is 17.5. The molecule has 2 aromatic rings. The van der Waals surface area contributed by atoms with Gasteiger partial charge in [-0.05, 0) is 57.1 Å². The molecule has 2 saturated heterocycles. The second-order valence-corrected chi connectivity index (χ2v) is 9.00. The summed E-state index contributed by atoms with van der Waals surface area (Å²) in [6, 6.07) is 7.35. The molecule has 30 heavy (non-hydrogen) atoms. The lowest BCUT2D eigenvalue weighted by Gasteiger charge is -2.39. The Morgan fingerprint density at radius 2 is 1.93 bits per heavy atom. The van der Waals surface area contributed by atoms with Gasteiger partial charge in [-0.15, -0.1) is 5.10 Å². The monoisotopic (exact) mass is 450 g/mol. The summed E-state index contributed by atoms with van der Waals surface area (Å²) in [5, 5.41) is 5.14. The molecular weight excluding hydrogens is 424 g/mol. The number of nitrogens with zero attached hydrogens (tertiary/aromatic N) is 4. The number of piperidine rings is 1. The highest BCUT2D eigenvalue weighted by Crippen LogP contribution is 2.24. The number of ether oxygens (including phenoxy) is 1. The van der Waals surface area contributed by atoms with E-state index < -0.39 is 0 Å². The van der Waals surface area contributed by atoms with E-state index in [1.54, 1.807) is 16.8 Å². The van der Waals surface area contributed by atoms with Crippen LogP contribution in [0.2, 0.25) is 5.02 Å². The lowest BCUT2D eigenvalue weighted by Crippen LogP contribution is -2.51. The van der Waals surface area contributed by atoms with Crippen LogP contribution in [0.4, 0.5) is 0 Å². The average Bonchev–Trinajstić information content (AvgIpc) is 3.08. The molecule has 0 unspecified atom stereocenters. The number of morpholine rings is 1. The van der Waals surface area contributed by atoms with Gasteiger partial charge in [-0.2, -0.15) is 0 Å². The van der Waals surface area contributed by atoms with Gasteiger partial charge in [0.2, 0.25) is 11.8 Å². The maximum atomic E-state index is 12.9. The minimum atomic E-state index is 0.0750. The Kier molecular flexibility index (Phi) is 6.57.